The Morgan fingerprint density at radius 3 is 2.47 bits per heavy atom. The molecule has 0 bridgehead atoms. The monoisotopic (exact) mass is 421 g/mol. The standard InChI is InChI=1S/C20H26F3N7/c1-12-13(2)30-17(28-11-27-6-5-14(7-24)8-25-3)15(29-12)16(26-4)18-9-19(18,10-18)20(21,22)23/h7-8,24-25,27H,4-6,9-11H2,1-3H3/b14-8-,16-15+,24-7?,28-17+. The van der Waals surface area contributed by atoms with E-state index in [4.69, 9.17) is 5.41 Å². The van der Waals surface area contributed by atoms with E-state index in [-0.39, 0.29) is 36.7 Å². The van der Waals surface area contributed by atoms with E-state index >= 15 is 0 Å². The first-order valence-electron chi connectivity index (χ1n) is 9.67. The average molecular weight is 421 g/mol. The third-order valence-corrected chi connectivity index (χ3v) is 5.99. The van der Waals surface area contributed by atoms with Crippen LogP contribution in [0.1, 0.15) is 33.1 Å². The van der Waals surface area contributed by atoms with Crippen LogP contribution < -0.4 is 10.6 Å². The molecule has 2 fully saturated rings. The van der Waals surface area contributed by atoms with Crippen LogP contribution in [0.25, 0.3) is 0 Å². The number of fused-ring (bicyclic) bond motifs is 1. The van der Waals surface area contributed by atoms with Crippen LogP contribution >= 0.6 is 0 Å². The summed E-state index contributed by atoms with van der Waals surface area (Å²) in [4.78, 5) is 17.3. The van der Waals surface area contributed by atoms with Crippen LogP contribution in [0, 0.1) is 16.2 Å². The summed E-state index contributed by atoms with van der Waals surface area (Å²) in [5.74, 6) is 0.273. The van der Waals surface area contributed by atoms with Crippen molar-refractivity contribution >= 4 is 30.2 Å². The molecule has 2 aliphatic carbocycles. The van der Waals surface area contributed by atoms with Gasteiger partial charge in [0.2, 0.25) is 0 Å². The summed E-state index contributed by atoms with van der Waals surface area (Å²) in [6.07, 6.45) is -0.566. The number of hydrogen-bond donors (Lipinski definition) is 3. The first-order valence-corrected chi connectivity index (χ1v) is 9.67. The molecule has 10 heteroatoms. The van der Waals surface area contributed by atoms with Gasteiger partial charge in [0, 0.05) is 31.4 Å². The van der Waals surface area contributed by atoms with Crippen LogP contribution in [0.4, 0.5) is 13.2 Å². The minimum Gasteiger partial charge on any atom is -0.394 e. The summed E-state index contributed by atoms with van der Waals surface area (Å²) in [5.41, 5.74) is -0.0664. The molecule has 3 rings (SSSR count). The summed E-state index contributed by atoms with van der Waals surface area (Å²) < 4.78 is 40.3. The number of nitrogens with zero attached hydrogens (tertiary/aromatic N) is 4. The van der Waals surface area contributed by atoms with Crippen LogP contribution in [0.5, 0.6) is 0 Å². The van der Waals surface area contributed by atoms with Crippen LogP contribution in [0.2, 0.25) is 0 Å². The van der Waals surface area contributed by atoms with E-state index in [9.17, 15) is 13.2 Å². The number of amidine groups is 1. The zero-order valence-electron chi connectivity index (χ0n) is 17.3. The van der Waals surface area contributed by atoms with Crippen molar-refractivity contribution in [3.63, 3.8) is 0 Å². The van der Waals surface area contributed by atoms with Crippen molar-refractivity contribution in [2.75, 3.05) is 20.3 Å². The maximum atomic E-state index is 13.4. The highest BCUT2D eigenvalue weighted by Crippen LogP contribution is 2.93. The van der Waals surface area contributed by atoms with Gasteiger partial charge < -0.3 is 10.7 Å². The minimum absolute atomic E-state index is 0.0222. The van der Waals surface area contributed by atoms with E-state index < -0.39 is 17.0 Å². The first kappa shape index (κ1) is 22.1. The molecule has 0 amide bonds. The molecule has 0 aromatic carbocycles. The summed E-state index contributed by atoms with van der Waals surface area (Å²) in [7, 11) is 1.76. The van der Waals surface area contributed by atoms with Gasteiger partial charge in [0.15, 0.2) is 5.84 Å². The van der Waals surface area contributed by atoms with E-state index in [1.165, 1.54) is 6.21 Å². The van der Waals surface area contributed by atoms with Crippen molar-refractivity contribution in [2.24, 2.45) is 30.8 Å². The molecule has 1 aliphatic heterocycles. The Kier molecular flexibility index (Phi) is 5.81. The number of allylic oxidation sites excluding steroid dienone is 1. The van der Waals surface area contributed by atoms with Gasteiger partial charge in [-0.25, -0.2) is 15.0 Å². The van der Waals surface area contributed by atoms with Crippen molar-refractivity contribution in [2.45, 2.75) is 39.3 Å². The second-order valence-electron chi connectivity index (χ2n) is 7.81. The molecule has 162 valence electrons. The zero-order valence-corrected chi connectivity index (χ0v) is 17.3. The molecule has 0 aromatic heterocycles. The number of nitrogens with one attached hydrogen (secondary N) is 3. The van der Waals surface area contributed by atoms with Gasteiger partial charge in [0.05, 0.1) is 29.2 Å². The molecular formula is C20H26F3N7. The molecule has 3 N–H and O–H groups in total. The second kappa shape index (κ2) is 7.90. The van der Waals surface area contributed by atoms with Crippen molar-refractivity contribution in [3.05, 3.63) is 23.2 Å². The van der Waals surface area contributed by atoms with E-state index in [0.29, 0.717) is 24.4 Å². The molecule has 0 spiro atoms. The van der Waals surface area contributed by atoms with Gasteiger partial charge in [-0.1, -0.05) is 0 Å². The number of hydrogen-bond acceptors (Lipinski definition) is 6. The lowest BCUT2D eigenvalue weighted by atomic mass is 10.1. The fourth-order valence-electron chi connectivity index (χ4n) is 3.88. The quantitative estimate of drug-likeness (QED) is 0.393. The largest absolute Gasteiger partial charge is 0.395 e. The summed E-state index contributed by atoms with van der Waals surface area (Å²) in [6.45, 7) is 7.86. The van der Waals surface area contributed by atoms with Gasteiger partial charge in [0.25, 0.3) is 0 Å². The summed E-state index contributed by atoms with van der Waals surface area (Å²) in [5, 5.41) is 13.4. The van der Waals surface area contributed by atoms with Crippen LogP contribution in [0.3, 0.4) is 0 Å². The molecule has 2 saturated carbocycles. The highest BCUT2D eigenvalue weighted by Gasteiger charge is 2.95. The lowest BCUT2D eigenvalue weighted by molar-refractivity contribution is -0.168. The Hall–Kier alpha value is -2.62. The maximum Gasteiger partial charge on any atom is 0.395 e. The highest BCUT2D eigenvalue weighted by atomic mass is 19.4. The Balaban J connectivity index is 1.79. The predicted molar refractivity (Wildman–Crippen MR) is 114 cm³/mol. The van der Waals surface area contributed by atoms with Crippen molar-refractivity contribution in [3.8, 4) is 0 Å². The van der Waals surface area contributed by atoms with E-state index in [2.05, 4.69) is 37.3 Å². The van der Waals surface area contributed by atoms with Crippen molar-refractivity contribution in [1.82, 2.24) is 10.6 Å². The Morgan fingerprint density at radius 2 is 1.93 bits per heavy atom. The molecule has 0 unspecified atom stereocenters. The molecule has 0 aromatic rings. The minimum atomic E-state index is -4.26. The van der Waals surface area contributed by atoms with E-state index in [1.807, 2.05) is 0 Å². The topological polar surface area (TPSA) is 97.3 Å². The van der Waals surface area contributed by atoms with Gasteiger partial charge in [-0.05, 0) is 45.4 Å². The lowest BCUT2D eigenvalue weighted by Crippen LogP contribution is -2.22. The van der Waals surface area contributed by atoms with E-state index in [1.54, 1.807) is 27.1 Å². The molecule has 30 heavy (non-hydrogen) atoms. The number of alkyl halides is 3. The Morgan fingerprint density at radius 1 is 1.27 bits per heavy atom. The van der Waals surface area contributed by atoms with Crippen LogP contribution in [-0.4, -0.2) is 56.6 Å². The summed E-state index contributed by atoms with van der Waals surface area (Å²) in [6, 6.07) is 0. The number of aliphatic imine (C=N–C) groups is 4. The fourth-order valence-corrected chi connectivity index (χ4v) is 3.88. The zero-order chi connectivity index (χ0) is 22.2. The smallest absolute Gasteiger partial charge is 0.394 e. The molecule has 3 aliphatic rings. The van der Waals surface area contributed by atoms with Crippen molar-refractivity contribution in [1.29, 1.82) is 5.41 Å². The Bertz CT molecular complexity index is 900. The average Bonchev–Trinajstić information content (AvgIpc) is 3.52. The van der Waals surface area contributed by atoms with Gasteiger partial charge in [-0.2, -0.15) is 13.2 Å². The third kappa shape index (κ3) is 3.64. The normalized spacial score (nSPS) is 30.9. The van der Waals surface area contributed by atoms with Gasteiger partial charge >= 0.3 is 6.18 Å². The third-order valence-electron chi connectivity index (χ3n) is 5.99. The molecule has 0 radical (unpaired) electrons. The molecule has 0 saturated heterocycles. The van der Waals surface area contributed by atoms with Crippen LogP contribution in [-0.2, 0) is 0 Å². The second-order valence-corrected chi connectivity index (χ2v) is 7.81. The van der Waals surface area contributed by atoms with Gasteiger partial charge in [0.1, 0.15) is 5.70 Å². The Labute approximate surface area is 173 Å². The first-order chi connectivity index (χ1) is 14.2. The highest BCUT2D eigenvalue weighted by molar-refractivity contribution is 6.44. The van der Waals surface area contributed by atoms with Crippen LogP contribution in [0.15, 0.2) is 43.1 Å². The van der Waals surface area contributed by atoms with Gasteiger partial charge in [-0.3, -0.25) is 10.3 Å². The molecular weight excluding hydrogens is 395 g/mol. The maximum absolute atomic E-state index is 13.4. The SMILES string of the molecule is C=N/C(=C1/N=C(C)C(C)=N/C1=N/CNCC/C(C=N)=C/NC)C12CC1(C(F)(F)F)C2. The summed E-state index contributed by atoms with van der Waals surface area (Å²) >= 11 is 0. The lowest BCUT2D eigenvalue weighted by Gasteiger charge is -2.16. The number of rotatable bonds is 9. The fraction of sp³-hybridized carbons (Fsp3) is 0.550. The molecule has 1 heterocycles. The predicted octanol–water partition coefficient (Wildman–Crippen LogP) is 3.27. The molecule has 7 nitrogen and oxygen atoms in total. The van der Waals surface area contributed by atoms with E-state index in [0.717, 1.165) is 5.57 Å². The molecule has 0 atom stereocenters. The van der Waals surface area contributed by atoms with Gasteiger partial charge in [-0.15, -0.1) is 0 Å². The number of halogens is 3. The van der Waals surface area contributed by atoms with Crippen molar-refractivity contribution < 1.29 is 13.2 Å².